The first kappa shape index (κ1) is 15.0. The maximum Gasteiger partial charge on any atom is 0.492 e. The fourth-order valence-corrected chi connectivity index (χ4v) is 1.38. The van der Waals surface area contributed by atoms with Crippen molar-refractivity contribution in [2.75, 3.05) is 0 Å². The summed E-state index contributed by atoms with van der Waals surface area (Å²) in [5.41, 5.74) is -0.720. The second-order valence-corrected chi connectivity index (χ2v) is 5.58. The lowest BCUT2D eigenvalue weighted by Gasteiger charge is -2.38. The summed E-state index contributed by atoms with van der Waals surface area (Å²) in [6, 6.07) is 4.71. The molecule has 0 fully saturated rings. The maximum absolute atomic E-state index is 10.1. The number of phenols is 1. The SMILES string of the molecule is Cc1ccc(O)cc1B(O)OC(C)(C)C(C)(C)O. The number of hydrogen-bond acceptors (Lipinski definition) is 4. The topological polar surface area (TPSA) is 69.9 Å². The van der Waals surface area contributed by atoms with E-state index in [2.05, 4.69) is 0 Å². The molecule has 0 amide bonds. The van der Waals surface area contributed by atoms with Crippen LogP contribution in [0.2, 0.25) is 0 Å². The van der Waals surface area contributed by atoms with Gasteiger partial charge in [0.15, 0.2) is 0 Å². The van der Waals surface area contributed by atoms with Crippen molar-refractivity contribution in [2.24, 2.45) is 0 Å². The molecule has 0 saturated heterocycles. The molecule has 3 N–H and O–H groups in total. The van der Waals surface area contributed by atoms with Gasteiger partial charge in [-0.05, 0) is 52.2 Å². The Balaban J connectivity index is 2.95. The van der Waals surface area contributed by atoms with E-state index in [1.807, 2.05) is 6.92 Å². The van der Waals surface area contributed by atoms with E-state index in [4.69, 9.17) is 4.65 Å². The molecule has 4 nitrogen and oxygen atoms in total. The molecule has 0 bridgehead atoms. The van der Waals surface area contributed by atoms with Crippen LogP contribution in [0.4, 0.5) is 0 Å². The average molecular weight is 252 g/mol. The molecule has 0 heterocycles. The standard InChI is InChI=1S/C13H21BO4/c1-9-6-7-10(15)8-11(9)14(17)18-13(4,5)12(2,3)16/h6-8,15-17H,1-5H3. The van der Waals surface area contributed by atoms with Crippen molar-refractivity contribution in [1.29, 1.82) is 0 Å². The molecule has 0 saturated carbocycles. The van der Waals surface area contributed by atoms with E-state index in [-0.39, 0.29) is 5.75 Å². The van der Waals surface area contributed by atoms with Crippen molar-refractivity contribution in [3.8, 4) is 5.75 Å². The molecule has 0 aliphatic rings. The summed E-state index contributed by atoms with van der Waals surface area (Å²) in [5.74, 6) is 0.0688. The monoisotopic (exact) mass is 252 g/mol. The molecular weight excluding hydrogens is 231 g/mol. The lowest BCUT2D eigenvalue weighted by Crippen LogP contribution is -2.53. The van der Waals surface area contributed by atoms with Crippen LogP contribution < -0.4 is 5.46 Å². The number of aliphatic hydroxyl groups is 1. The summed E-state index contributed by atoms with van der Waals surface area (Å²) < 4.78 is 5.52. The zero-order valence-electron chi connectivity index (χ0n) is 11.6. The normalized spacial score (nSPS) is 12.6. The van der Waals surface area contributed by atoms with Gasteiger partial charge < -0.3 is 19.9 Å². The zero-order valence-corrected chi connectivity index (χ0v) is 11.6. The number of hydrogen-bond donors (Lipinski definition) is 3. The van der Waals surface area contributed by atoms with Gasteiger partial charge in [-0.25, -0.2) is 0 Å². The van der Waals surface area contributed by atoms with Crippen LogP contribution in [0.3, 0.4) is 0 Å². The van der Waals surface area contributed by atoms with Crippen molar-refractivity contribution in [1.82, 2.24) is 0 Å². The molecule has 0 aliphatic carbocycles. The Kier molecular flexibility index (Phi) is 4.10. The molecule has 0 aromatic heterocycles. The molecule has 1 rings (SSSR count). The lowest BCUT2D eigenvalue weighted by atomic mass is 9.74. The highest BCUT2D eigenvalue weighted by atomic mass is 16.5. The predicted molar refractivity (Wildman–Crippen MR) is 71.9 cm³/mol. The van der Waals surface area contributed by atoms with Gasteiger partial charge in [-0.1, -0.05) is 11.6 Å². The van der Waals surface area contributed by atoms with Crippen LogP contribution >= 0.6 is 0 Å². The Morgan fingerprint density at radius 2 is 1.72 bits per heavy atom. The molecule has 0 spiro atoms. The van der Waals surface area contributed by atoms with E-state index in [9.17, 15) is 15.2 Å². The molecule has 100 valence electrons. The average Bonchev–Trinajstić information content (AvgIpc) is 2.19. The first-order valence-corrected chi connectivity index (χ1v) is 5.92. The second kappa shape index (κ2) is 4.92. The fourth-order valence-electron chi connectivity index (χ4n) is 1.38. The zero-order chi connectivity index (χ0) is 14.1. The Morgan fingerprint density at radius 3 is 2.22 bits per heavy atom. The van der Waals surface area contributed by atoms with Gasteiger partial charge in [-0.15, -0.1) is 0 Å². The summed E-state index contributed by atoms with van der Waals surface area (Å²) in [7, 11) is -1.20. The smallest absolute Gasteiger partial charge is 0.492 e. The molecule has 18 heavy (non-hydrogen) atoms. The predicted octanol–water partition coefficient (Wildman–Crippen LogP) is 0.954. The Bertz CT molecular complexity index is 423. The van der Waals surface area contributed by atoms with Gasteiger partial charge in [0.25, 0.3) is 0 Å². The van der Waals surface area contributed by atoms with Crippen molar-refractivity contribution >= 4 is 12.6 Å². The summed E-state index contributed by atoms with van der Waals surface area (Å²) in [4.78, 5) is 0. The van der Waals surface area contributed by atoms with E-state index >= 15 is 0 Å². The number of benzene rings is 1. The van der Waals surface area contributed by atoms with E-state index in [0.717, 1.165) is 5.56 Å². The molecule has 0 atom stereocenters. The van der Waals surface area contributed by atoms with Gasteiger partial charge in [0, 0.05) is 0 Å². The number of rotatable bonds is 4. The van der Waals surface area contributed by atoms with Gasteiger partial charge in [-0.3, -0.25) is 0 Å². The number of aryl methyl sites for hydroxylation is 1. The summed E-state index contributed by atoms with van der Waals surface area (Å²) in [6.07, 6.45) is 0. The van der Waals surface area contributed by atoms with Crippen LogP contribution in [-0.2, 0) is 4.65 Å². The van der Waals surface area contributed by atoms with E-state index in [1.54, 1.807) is 39.8 Å². The van der Waals surface area contributed by atoms with Crippen LogP contribution in [0.25, 0.3) is 0 Å². The molecule has 0 unspecified atom stereocenters. The Hall–Kier alpha value is -1.04. The summed E-state index contributed by atoms with van der Waals surface area (Å²) >= 11 is 0. The number of aromatic hydroxyl groups is 1. The second-order valence-electron chi connectivity index (χ2n) is 5.58. The van der Waals surface area contributed by atoms with Crippen molar-refractivity contribution in [2.45, 2.75) is 45.8 Å². The molecule has 1 aromatic carbocycles. The van der Waals surface area contributed by atoms with Gasteiger partial charge in [0.1, 0.15) is 5.75 Å². The molecule has 0 aliphatic heterocycles. The molecular formula is C13H21BO4. The van der Waals surface area contributed by atoms with Gasteiger partial charge in [0.05, 0.1) is 11.2 Å². The van der Waals surface area contributed by atoms with Crippen molar-refractivity contribution in [3.63, 3.8) is 0 Å². The minimum Gasteiger partial charge on any atom is -0.508 e. The van der Waals surface area contributed by atoms with E-state index in [1.165, 1.54) is 6.07 Å². The number of phenolic OH excluding ortho intramolecular Hbond substituents is 1. The maximum atomic E-state index is 10.1. The lowest BCUT2D eigenvalue weighted by molar-refractivity contribution is -0.0982. The van der Waals surface area contributed by atoms with Crippen LogP contribution in [0.15, 0.2) is 18.2 Å². The van der Waals surface area contributed by atoms with Gasteiger partial charge in [-0.2, -0.15) is 0 Å². The first-order valence-electron chi connectivity index (χ1n) is 5.92. The molecule has 0 radical (unpaired) electrons. The molecule has 5 heteroatoms. The van der Waals surface area contributed by atoms with E-state index in [0.29, 0.717) is 5.46 Å². The highest BCUT2D eigenvalue weighted by molar-refractivity contribution is 6.60. The fraction of sp³-hybridized carbons (Fsp3) is 0.538. The third-order valence-electron chi connectivity index (χ3n) is 3.41. The van der Waals surface area contributed by atoms with Crippen molar-refractivity contribution in [3.05, 3.63) is 23.8 Å². The third-order valence-corrected chi connectivity index (χ3v) is 3.41. The highest BCUT2D eigenvalue weighted by Gasteiger charge is 2.39. The quantitative estimate of drug-likeness (QED) is 0.698. The van der Waals surface area contributed by atoms with Crippen LogP contribution in [0.5, 0.6) is 5.75 Å². The van der Waals surface area contributed by atoms with Crippen LogP contribution in [0.1, 0.15) is 33.3 Å². The van der Waals surface area contributed by atoms with E-state index < -0.39 is 18.3 Å². The summed E-state index contributed by atoms with van der Waals surface area (Å²) in [6.45, 7) is 8.46. The molecule has 1 aromatic rings. The minimum atomic E-state index is -1.20. The summed E-state index contributed by atoms with van der Waals surface area (Å²) in [5, 5.41) is 29.5. The highest BCUT2D eigenvalue weighted by Crippen LogP contribution is 2.25. The van der Waals surface area contributed by atoms with Gasteiger partial charge in [0.2, 0.25) is 0 Å². The van der Waals surface area contributed by atoms with Crippen LogP contribution in [-0.4, -0.2) is 33.6 Å². The minimum absolute atomic E-state index is 0.0688. The van der Waals surface area contributed by atoms with Gasteiger partial charge >= 0.3 is 7.12 Å². The Labute approximate surface area is 108 Å². The Morgan fingerprint density at radius 1 is 1.17 bits per heavy atom. The first-order chi connectivity index (χ1) is 8.04. The van der Waals surface area contributed by atoms with Crippen LogP contribution in [0, 0.1) is 6.92 Å². The third kappa shape index (κ3) is 3.25. The largest absolute Gasteiger partial charge is 0.508 e. The van der Waals surface area contributed by atoms with Crippen molar-refractivity contribution < 1.29 is 19.9 Å².